The van der Waals surface area contributed by atoms with E-state index in [2.05, 4.69) is 5.32 Å². The fourth-order valence-electron chi connectivity index (χ4n) is 4.32. The highest BCUT2D eigenvalue weighted by molar-refractivity contribution is 6.09. The van der Waals surface area contributed by atoms with Crippen LogP contribution in [-0.2, 0) is 19.1 Å². The van der Waals surface area contributed by atoms with Gasteiger partial charge in [0.25, 0.3) is 0 Å². The van der Waals surface area contributed by atoms with Crippen LogP contribution in [0.15, 0.2) is 18.2 Å². The molecular weight excluding hydrogens is 364 g/mol. The summed E-state index contributed by atoms with van der Waals surface area (Å²) in [6, 6.07) is 4.68. The molecule has 1 aromatic rings. The lowest BCUT2D eigenvalue weighted by atomic mass is 9.80. The molecule has 152 valence electrons. The molecule has 0 bridgehead atoms. The van der Waals surface area contributed by atoms with Crippen LogP contribution in [0.5, 0.6) is 11.5 Å². The van der Waals surface area contributed by atoms with E-state index in [1.165, 1.54) is 12.0 Å². The van der Waals surface area contributed by atoms with E-state index in [0.29, 0.717) is 17.1 Å². The van der Waals surface area contributed by atoms with Gasteiger partial charge in [0.15, 0.2) is 0 Å². The molecule has 0 radical (unpaired) electrons. The second-order valence-corrected chi connectivity index (χ2v) is 7.08. The number of carbonyl (C=O) groups is 3. The van der Waals surface area contributed by atoms with Crippen LogP contribution in [0.25, 0.3) is 0 Å². The summed E-state index contributed by atoms with van der Waals surface area (Å²) in [6.07, 6.45) is 0. The Morgan fingerprint density at radius 2 is 1.89 bits per heavy atom. The Labute approximate surface area is 164 Å². The van der Waals surface area contributed by atoms with Crippen molar-refractivity contribution in [3.63, 3.8) is 0 Å². The number of hydrogen-bond acceptors (Lipinski definition) is 7. The number of hydrogen-bond donors (Lipinski definition) is 1. The van der Waals surface area contributed by atoms with E-state index in [0.717, 1.165) is 0 Å². The molecule has 0 aliphatic carbocycles. The molecule has 2 aliphatic rings. The van der Waals surface area contributed by atoms with Crippen molar-refractivity contribution in [1.82, 2.24) is 10.2 Å². The summed E-state index contributed by atoms with van der Waals surface area (Å²) in [6.45, 7) is 5.52. The number of fused-ring (bicyclic) bond motifs is 1. The summed E-state index contributed by atoms with van der Waals surface area (Å²) >= 11 is 0. The Hall–Kier alpha value is -2.61. The highest BCUT2D eigenvalue weighted by atomic mass is 16.5. The van der Waals surface area contributed by atoms with Crippen LogP contribution in [0, 0.1) is 11.8 Å². The van der Waals surface area contributed by atoms with Gasteiger partial charge in [0.05, 0.1) is 32.7 Å². The Bertz CT molecular complexity index is 810. The second kappa shape index (κ2) is 7.43. The van der Waals surface area contributed by atoms with Gasteiger partial charge in [-0.05, 0) is 26.8 Å². The van der Waals surface area contributed by atoms with Gasteiger partial charge in [0, 0.05) is 24.2 Å². The lowest BCUT2D eigenvalue weighted by Gasteiger charge is -2.29. The van der Waals surface area contributed by atoms with Crippen molar-refractivity contribution in [3.8, 4) is 11.5 Å². The molecule has 0 saturated carbocycles. The number of amides is 2. The smallest absolute Gasteiger partial charge is 0.326 e. The fourth-order valence-corrected chi connectivity index (χ4v) is 4.32. The van der Waals surface area contributed by atoms with E-state index in [1.54, 1.807) is 46.1 Å². The minimum absolute atomic E-state index is 0.184. The van der Waals surface area contributed by atoms with Crippen molar-refractivity contribution in [3.05, 3.63) is 23.8 Å². The molecule has 0 aromatic heterocycles. The van der Waals surface area contributed by atoms with Crippen LogP contribution in [0.3, 0.4) is 0 Å². The maximum atomic E-state index is 13.1. The zero-order chi connectivity index (χ0) is 20.6. The van der Waals surface area contributed by atoms with Crippen molar-refractivity contribution in [2.45, 2.75) is 32.4 Å². The first-order chi connectivity index (χ1) is 13.3. The Morgan fingerprint density at radius 1 is 1.18 bits per heavy atom. The molecule has 1 aromatic carbocycles. The van der Waals surface area contributed by atoms with E-state index in [1.807, 2.05) is 0 Å². The molecule has 28 heavy (non-hydrogen) atoms. The zero-order valence-corrected chi connectivity index (χ0v) is 16.8. The Balaban J connectivity index is 2.12. The first-order valence-corrected chi connectivity index (χ1v) is 9.36. The monoisotopic (exact) mass is 390 g/mol. The van der Waals surface area contributed by atoms with Gasteiger partial charge in [-0.3, -0.25) is 24.6 Å². The fraction of sp³-hybridized carbons (Fsp3) is 0.550. The third-order valence-corrected chi connectivity index (χ3v) is 5.67. The van der Waals surface area contributed by atoms with Gasteiger partial charge in [-0.25, -0.2) is 0 Å². The third-order valence-electron chi connectivity index (χ3n) is 5.67. The number of imide groups is 1. The summed E-state index contributed by atoms with van der Waals surface area (Å²) in [5, 5.41) is 3.22. The van der Waals surface area contributed by atoms with Crippen LogP contribution in [0.4, 0.5) is 0 Å². The molecule has 0 unspecified atom stereocenters. The number of rotatable bonds is 6. The number of carbonyl (C=O) groups excluding carboxylic acids is 3. The molecule has 8 heteroatoms. The molecule has 4 atom stereocenters. The highest BCUT2D eigenvalue weighted by Gasteiger charge is 2.67. The maximum Gasteiger partial charge on any atom is 0.326 e. The van der Waals surface area contributed by atoms with Crippen molar-refractivity contribution < 1.29 is 28.6 Å². The van der Waals surface area contributed by atoms with Gasteiger partial charge >= 0.3 is 5.97 Å². The van der Waals surface area contributed by atoms with Crippen LogP contribution in [0.1, 0.15) is 32.4 Å². The van der Waals surface area contributed by atoms with Crippen molar-refractivity contribution in [2.24, 2.45) is 11.8 Å². The average molecular weight is 390 g/mol. The van der Waals surface area contributed by atoms with Crippen LogP contribution < -0.4 is 14.8 Å². The molecule has 2 heterocycles. The lowest BCUT2D eigenvalue weighted by Crippen LogP contribution is -2.54. The number of esters is 1. The number of methoxy groups -OCH3 is 2. The normalized spacial score (nSPS) is 29.0. The molecule has 8 nitrogen and oxygen atoms in total. The molecule has 0 spiro atoms. The Kier molecular flexibility index (Phi) is 5.34. The summed E-state index contributed by atoms with van der Waals surface area (Å²) in [4.78, 5) is 40.0. The predicted molar refractivity (Wildman–Crippen MR) is 99.8 cm³/mol. The standard InChI is InChI=1S/C20H26N2O6/c1-6-22-17(23)14-15(18(22)24)20(3,19(25)28-7-2)21-16(14)12-9-8-11(26-4)10-13(12)27-5/h8-10,14-16,21H,6-7H2,1-5H3/t14-,15-,16+,20+/m0/s1. The number of likely N-dealkylation sites (tertiary alicyclic amines) is 1. The minimum Gasteiger partial charge on any atom is -0.497 e. The quantitative estimate of drug-likeness (QED) is 0.578. The van der Waals surface area contributed by atoms with Gasteiger partial charge in [-0.15, -0.1) is 0 Å². The maximum absolute atomic E-state index is 13.1. The number of ether oxygens (including phenoxy) is 3. The molecule has 2 fully saturated rings. The summed E-state index contributed by atoms with van der Waals surface area (Å²) in [5.41, 5.74) is -0.627. The van der Waals surface area contributed by atoms with Crippen LogP contribution >= 0.6 is 0 Å². The second-order valence-electron chi connectivity index (χ2n) is 7.08. The highest BCUT2D eigenvalue weighted by Crippen LogP contribution is 2.50. The average Bonchev–Trinajstić information content (AvgIpc) is 3.15. The van der Waals surface area contributed by atoms with E-state index in [-0.39, 0.29) is 25.0 Å². The van der Waals surface area contributed by atoms with Gasteiger partial charge < -0.3 is 14.2 Å². The molecular formula is C20H26N2O6. The minimum atomic E-state index is -1.31. The third kappa shape index (κ3) is 2.83. The van der Waals surface area contributed by atoms with E-state index in [9.17, 15) is 14.4 Å². The topological polar surface area (TPSA) is 94.2 Å². The molecule has 2 aliphatic heterocycles. The van der Waals surface area contributed by atoms with Gasteiger partial charge in [0.1, 0.15) is 17.0 Å². The molecule has 2 amide bonds. The van der Waals surface area contributed by atoms with Gasteiger partial charge in [0.2, 0.25) is 11.8 Å². The first-order valence-electron chi connectivity index (χ1n) is 9.36. The van der Waals surface area contributed by atoms with Crippen molar-refractivity contribution >= 4 is 17.8 Å². The number of benzene rings is 1. The van der Waals surface area contributed by atoms with Crippen molar-refractivity contribution in [2.75, 3.05) is 27.4 Å². The lowest BCUT2D eigenvalue weighted by molar-refractivity contribution is -0.155. The molecule has 2 saturated heterocycles. The summed E-state index contributed by atoms with van der Waals surface area (Å²) in [5.74, 6) is -1.62. The van der Waals surface area contributed by atoms with Crippen molar-refractivity contribution in [1.29, 1.82) is 0 Å². The number of nitrogens with one attached hydrogen (secondary N) is 1. The van der Waals surface area contributed by atoms with Gasteiger partial charge in [-0.2, -0.15) is 0 Å². The zero-order valence-electron chi connectivity index (χ0n) is 16.8. The molecule has 3 rings (SSSR count). The Morgan fingerprint density at radius 3 is 2.46 bits per heavy atom. The van der Waals surface area contributed by atoms with Crippen LogP contribution in [0.2, 0.25) is 0 Å². The predicted octanol–water partition coefficient (Wildman–Crippen LogP) is 1.29. The SMILES string of the molecule is CCOC(=O)[C@]1(C)N[C@H](c2ccc(OC)cc2OC)[C@H]2C(=O)N(CC)C(=O)[C@H]21. The van der Waals surface area contributed by atoms with Crippen LogP contribution in [-0.4, -0.2) is 55.6 Å². The largest absolute Gasteiger partial charge is 0.497 e. The van der Waals surface area contributed by atoms with E-state index < -0.39 is 29.4 Å². The van der Waals surface area contributed by atoms with E-state index >= 15 is 0 Å². The first kappa shape index (κ1) is 20.1. The number of nitrogens with zero attached hydrogens (tertiary/aromatic N) is 1. The molecule has 1 N–H and O–H groups in total. The van der Waals surface area contributed by atoms with Gasteiger partial charge in [-0.1, -0.05) is 6.07 Å². The van der Waals surface area contributed by atoms with E-state index in [4.69, 9.17) is 14.2 Å². The summed E-state index contributed by atoms with van der Waals surface area (Å²) < 4.78 is 16.0. The summed E-state index contributed by atoms with van der Waals surface area (Å²) in [7, 11) is 3.07.